The van der Waals surface area contributed by atoms with E-state index in [1.54, 1.807) is 6.92 Å². The number of aromatic nitrogens is 1. The van der Waals surface area contributed by atoms with Crippen LogP contribution in [0, 0.1) is 0 Å². The molecule has 0 aliphatic heterocycles. The molecule has 3 heteroatoms. The number of para-hydroxylation sites is 1. The summed E-state index contributed by atoms with van der Waals surface area (Å²) < 4.78 is 1.95. The van der Waals surface area contributed by atoms with Crippen LogP contribution in [-0.2, 0) is 7.05 Å². The highest BCUT2D eigenvalue weighted by molar-refractivity contribution is 6.07. The van der Waals surface area contributed by atoms with Crippen molar-refractivity contribution in [1.82, 2.24) is 9.88 Å². The van der Waals surface area contributed by atoms with Gasteiger partial charge >= 0.3 is 0 Å². The Morgan fingerprint density at radius 2 is 2.06 bits per heavy atom. The highest BCUT2D eigenvalue weighted by atomic mass is 16.1. The number of carbonyl (C=O) groups is 1. The van der Waals surface area contributed by atoms with Crippen LogP contribution in [0.25, 0.3) is 10.9 Å². The minimum atomic E-state index is -0.107. The maximum Gasteiger partial charge on any atom is 0.257 e. The summed E-state index contributed by atoms with van der Waals surface area (Å²) in [7, 11) is 1.93. The maximum atomic E-state index is 11.9. The first kappa shape index (κ1) is 10.5. The van der Waals surface area contributed by atoms with Crippen LogP contribution < -0.4 is 5.32 Å². The average Bonchev–Trinajstić information content (AvgIpc) is 2.56. The van der Waals surface area contributed by atoms with Crippen LogP contribution in [0.2, 0.25) is 0 Å². The molecule has 2 aromatic rings. The van der Waals surface area contributed by atoms with Crippen LogP contribution in [0.1, 0.15) is 17.3 Å². The fourth-order valence-electron chi connectivity index (χ4n) is 1.78. The Morgan fingerprint density at radius 3 is 2.75 bits per heavy atom. The number of nitrogens with one attached hydrogen (secondary N) is 1. The molecule has 0 atom stereocenters. The maximum absolute atomic E-state index is 11.9. The van der Waals surface area contributed by atoms with E-state index in [2.05, 4.69) is 11.9 Å². The number of benzene rings is 1. The van der Waals surface area contributed by atoms with E-state index in [1.807, 2.05) is 42.1 Å². The van der Waals surface area contributed by atoms with Crippen molar-refractivity contribution >= 4 is 16.8 Å². The van der Waals surface area contributed by atoms with Gasteiger partial charge in [0.25, 0.3) is 5.91 Å². The Labute approximate surface area is 94.4 Å². The molecule has 1 N–H and O–H groups in total. The summed E-state index contributed by atoms with van der Waals surface area (Å²) in [4.78, 5) is 11.9. The summed E-state index contributed by atoms with van der Waals surface area (Å²) in [5.41, 5.74) is 2.38. The van der Waals surface area contributed by atoms with Gasteiger partial charge in [-0.1, -0.05) is 24.8 Å². The second-order valence-electron chi connectivity index (χ2n) is 3.91. The summed E-state index contributed by atoms with van der Waals surface area (Å²) in [6.45, 7) is 5.44. The Kier molecular flexibility index (Phi) is 2.52. The molecule has 1 amide bonds. The summed E-state index contributed by atoms with van der Waals surface area (Å²) in [5, 5.41) is 3.68. The Balaban J connectivity index is 2.53. The first-order chi connectivity index (χ1) is 7.59. The number of carbonyl (C=O) groups excluding carboxylic acids is 1. The molecule has 0 bridgehead atoms. The van der Waals surface area contributed by atoms with Crippen LogP contribution in [-0.4, -0.2) is 10.5 Å². The fraction of sp³-hybridized carbons (Fsp3) is 0.154. The van der Waals surface area contributed by atoms with Crippen molar-refractivity contribution in [3.63, 3.8) is 0 Å². The van der Waals surface area contributed by atoms with Gasteiger partial charge in [-0.3, -0.25) is 4.79 Å². The predicted molar refractivity (Wildman–Crippen MR) is 65.2 cm³/mol. The van der Waals surface area contributed by atoms with Crippen molar-refractivity contribution in [3.05, 3.63) is 48.3 Å². The van der Waals surface area contributed by atoms with Gasteiger partial charge < -0.3 is 9.88 Å². The third kappa shape index (κ3) is 1.72. The van der Waals surface area contributed by atoms with Crippen molar-refractivity contribution in [2.45, 2.75) is 6.92 Å². The van der Waals surface area contributed by atoms with Gasteiger partial charge in [-0.15, -0.1) is 0 Å². The molecule has 16 heavy (non-hydrogen) atoms. The smallest absolute Gasteiger partial charge is 0.257 e. The van der Waals surface area contributed by atoms with E-state index in [9.17, 15) is 4.79 Å². The second-order valence-corrected chi connectivity index (χ2v) is 3.91. The van der Waals surface area contributed by atoms with Crippen LogP contribution in [0.4, 0.5) is 0 Å². The highest BCUT2D eigenvalue weighted by Gasteiger charge is 2.12. The lowest BCUT2D eigenvalue weighted by Crippen LogP contribution is -2.20. The zero-order chi connectivity index (χ0) is 11.7. The van der Waals surface area contributed by atoms with Gasteiger partial charge in [0.15, 0.2) is 0 Å². The topological polar surface area (TPSA) is 34.0 Å². The van der Waals surface area contributed by atoms with Gasteiger partial charge in [0.05, 0.1) is 5.56 Å². The summed E-state index contributed by atoms with van der Waals surface area (Å²) in [6, 6.07) is 7.83. The number of hydrogen-bond acceptors (Lipinski definition) is 1. The molecule has 1 aromatic carbocycles. The van der Waals surface area contributed by atoms with E-state index < -0.39 is 0 Å². The van der Waals surface area contributed by atoms with Crippen molar-refractivity contribution < 1.29 is 4.79 Å². The Morgan fingerprint density at radius 1 is 1.38 bits per heavy atom. The molecule has 0 aliphatic carbocycles. The van der Waals surface area contributed by atoms with E-state index in [-0.39, 0.29) is 5.91 Å². The lowest BCUT2D eigenvalue weighted by molar-refractivity contribution is 0.0967. The standard InChI is InChI=1S/C13H14N2O/c1-9(2)14-13(16)11-8-15(3)12-7-5-4-6-10(11)12/h4-8H,1H2,2-3H3,(H,14,16). The van der Waals surface area contributed by atoms with Gasteiger partial charge in [-0.05, 0) is 13.0 Å². The quantitative estimate of drug-likeness (QED) is 0.818. The summed E-state index contributed by atoms with van der Waals surface area (Å²) in [5.74, 6) is -0.107. The van der Waals surface area contributed by atoms with Crippen LogP contribution in [0.5, 0.6) is 0 Å². The zero-order valence-electron chi connectivity index (χ0n) is 9.45. The van der Waals surface area contributed by atoms with Crippen molar-refractivity contribution in [1.29, 1.82) is 0 Å². The fourth-order valence-corrected chi connectivity index (χ4v) is 1.78. The Bertz CT molecular complexity index is 566. The molecule has 0 saturated carbocycles. The third-order valence-corrected chi connectivity index (χ3v) is 2.47. The molecule has 0 spiro atoms. The second kappa shape index (κ2) is 3.85. The molecular weight excluding hydrogens is 200 g/mol. The molecule has 0 aliphatic rings. The number of amides is 1. The molecule has 0 radical (unpaired) electrons. The molecule has 1 aromatic heterocycles. The van der Waals surface area contributed by atoms with Crippen molar-refractivity contribution in [2.24, 2.45) is 7.05 Å². The van der Waals surface area contributed by atoms with E-state index in [4.69, 9.17) is 0 Å². The molecule has 0 unspecified atom stereocenters. The minimum absolute atomic E-state index is 0.107. The predicted octanol–water partition coefficient (Wildman–Crippen LogP) is 2.44. The van der Waals surface area contributed by atoms with Gasteiger partial charge in [0, 0.05) is 29.8 Å². The third-order valence-electron chi connectivity index (χ3n) is 2.47. The van der Waals surface area contributed by atoms with E-state index >= 15 is 0 Å². The molecule has 0 fully saturated rings. The van der Waals surface area contributed by atoms with Gasteiger partial charge in [-0.2, -0.15) is 0 Å². The zero-order valence-corrected chi connectivity index (χ0v) is 9.45. The largest absolute Gasteiger partial charge is 0.350 e. The average molecular weight is 214 g/mol. The molecule has 1 heterocycles. The van der Waals surface area contributed by atoms with Crippen molar-refractivity contribution in [2.75, 3.05) is 0 Å². The monoisotopic (exact) mass is 214 g/mol. The Hall–Kier alpha value is -2.03. The van der Waals surface area contributed by atoms with Gasteiger partial charge in [0.2, 0.25) is 0 Å². The lowest BCUT2D eigenvalue weighted by Gasteiger charge is -2.01. The number of fused-ring (bicyclic) bond motifs is 1. The van der Waals surface area contributed by atoms with Crippen LogP contribution >= 0.6 is 0 Å². The molecule has 3 nitrogen and oxygen atoms in total. The number of hydrogen-bond donors (Lipinski definition) is 1. The first-order valence-corrected chi connectivity index (χ1v) is 5.10. The van der Waals surface area contributed by atoms with Crippen molar-refractivity contribution in [3.8, 4) is 0 Å². The highest BCUT2D eigenvalue weighted by Crippen LogP contribution is 2.20. The summed E-state index contributed by atoms with van der Waals surface area (Å²) in [6.07, 6.45) is 1.84. The molecular formula is C13H14N2O. The number of rotatable bonds is 2. The number of nitrogens with zero attached hydrogens (tertiary/aromatic N) is 1. The van der Waals surface area contributed by atoms with Gasteiger partial charge in [0.1, 0.15) is 0 Å². The van der Waals surface area contributed by atoms with E-state index in [1.165, 1.54) is 0 Å². The molecule has 2 rings (SSSR count). The van der Waals surface area contributed by atoms with E-state index in [0.717, 1.165) is 10.9 Å². The van der Waals surface area contributed by atoms with Crippen LogP contribution in [0.15, 0.2) is 42.7 Å². The lowest BCUT2D eigenvalue weighted by atomic mass is 10.1. The molecule has 0 saturated heterocycles. The summed E-state index contributed by atoms with van der Waals surface area (Å²) >= 11 is 0. The first-order valence-electron chi connectivity index (χ1n) is 5.10. The minimum Gasteiger partial charge on any atom is -0.350 e. The number of aryl methyl sites for hydroxylation is 1. The molecule has 82 valence electrons. The van der Waals surface area contributed by atoms with Gasteiger partial charge in [-0.25, -0.2) is 0 Å². The number of allylic oxidation sites excluding steroid dienone is 1. The van der Waals surface area contributed by atoms with Crippen LogP contribution in [0.3, 0.4) is 0 Å². The van der Waals surface area contributed by atoms with E-state index in [0.29, 0.717) is 11.3 Å². The SMILES string of the molecule is C=C(C)NC(=O)c1cn(C)c2ccccc12. The normalized spacial score (nSPS) is 10.4.